The van der Waals surface area contributed by atoms with E-state index in [9.17, 15) is 4.79 Å². The first-order valence-electron chi connectivity index (χ1n) is 6.29. The average Bonchev–Trinajstić information content (AvgIpc) is 2.89. The van der Waals surface area contributed by atoms with Gasteiger partial charge in [0.15, 0.2) is 6.61 Å². The lowest BCUT2D eigenvalue weighted by Gasteiger charge is -2.17. The summed E-state index contributed by atoms with van der Waals surface area (Å²) in [6, 6.07) is 5.20. The molecule has 0 aliphatic carbocycles. The third-order valence-electron chi connectivity index (χ3n) is 2.94. The van der Waals surface area contributed by atoms with Crippen LogP contribution in [0.4, 0.5) is 5.69 Å². The number of amides is 1. The maximum absolute atomic E-state index is 10.9. The van der Waals surface area contributed by atoms with Crippen LogP contribution >= 0.6 is 0 Å². The molecule has 2 aliphatic rings. The van der Waals surface area contributed by atoms with Crippen LogP contribution in [0.1, 0.15) is 18.4 Å². The largest absolute Gasteiger partial charge is 0.482 e. The van der Waals surface area contributed by atoms with Gasteiger partial charge < -0.3 is 20.4 Å². The first-order valence-corrected chi connectivity index (χ1v) is 6.29. The van der Waals surface area contributed by atoms with Crippen LogP contribution in [0.3, 0.4) is 0 Å². The molecule has 6 heteroatoms. The number of anilines is 1. The first kappa shape index (κ1) is 13.8. The summed E-state index contributed by atoms with van der Waals surface area (Å²) < 4.78 is 5.14. The van der Waals surface area contributed by atoms with Crippen molar-refractivity contribution in [1.82, 2.24) is 5.06 Å². The van der Waals surface area contributed by atoms with Crippen LogP contribution in [-0.4, -0.2) is 41.0 Å². The van der Waals surface area contributed by atoms with E-state index in [-0.39, 0.29) is 19.1 Å². The molecule has 0 radical (unpaired) electrons. The SMILES string of the molecule is O=C1COc2ccc(CO)cc2N1.ON1CCCC1. The van der Waals surface area contributed by atoms with Crippen LogP contribution < -0.4 is 10.1 Å². The Morgan fingerprint density at radius 2 is 2.05 bits per heavy atom. The van der Waals surface area contributed by atoms with Gasteiger partial charge in [0.1, 0.15) is 5.75 Å². The molecule has 0 unspecified atom stereocenters. The van der Waals surface area contributed by atoms with Crippen molar-refractivity contribution in [1.29, 1.82) is 0 Å². The number of aliphatic hydroxyl groups is 1. The second kappa shape index (κ2) is 6.51. The second-order valence-electron chi connectivity index (χ2n) is 4.49. The average molecular weight is 266 g/mol. The Hall–Kier alpha value is -1.63. The van der Waals surface area contributed by atoms with E-state index in [1.165, 1.54) is 5.06 Å². The van der Waals surface area contributed by atoms with E-state index >= 15 is 0 Å². The van der Waals surface area contributed by atoms with Gasteiger partial charge in [-0.2, -0.15) is 5.06 Å². The number of nitrogens with one attached hydrogen (secondary N) is 1. The summed E-state index contributed by atoms with van der Waals surface area (Å²) in [5.74, 6) is 0.486. The Morgan fingerprint density at radius 1 is 1.32 bits per heavy atom. The molecule has 2 aliphatic heterocycles. The maximum atomic E-state index is 10.9. The van der Waals surface area contributed by atoms with E-state index in [0.717, 1.165) is 31.5 Å². The van der Waals surface area contributed by atoms with E-state index in [0.29, 0.717) is 11.4 Å². The number of nitrogens with zero attached hydrogens (tertiary/aromatic N) is 1. The Bertz CT molecular complexity index is 444. The summed E-state index contributed by atoms with van der Waals surface area (Å²) in [6.07, 6.45) is 2.33. The highest BCUT2D eigenvalue weighted by atomic mass is 16.5. The Kier molecular flexibility index (Phi) is 4.73. The van der Waals surface area contributed by atoms with Crippen molar-refractivity contribution in [2.45, 2.75) is 19.4 Å². The fourth-order valence-corrected chi connectivity index (χ4v) is 1.93. The molecular weight excluding hydrogens is 248 g/mol. The normalized spacial score (nSPS) is 17.9. The zero-order chi connectivity index (χ0) is 13.7. The van der Waals surface area contributed by atoms with Crippen molar-refractivity contribution >= 4 is 11.6 Å². The number of carbonyl (C=O) groups excluding carboxylic acids is 1. The highest BCUT2D eigenvalue weighted by molar-refractivity contribution is 5.95. The predicted octanol–water partition coefficient (Wildman–Crippen LogP) is 0.981. The van der Waals surface area contributed by atoms with Gasteiger partial charge in [-0.15, -0.1) is 0 Å². The van der Waals surface area contributed by atoms with Crippen molar-refractivity contribution < 1.29 is 19.8 Å². The van der Waals surface area contributed by atoms with Crippen molar-refractivity contribution in [3.63, 3.8) is 0 Å². The third-order valence-corrected chi connectivity index (χ3v) is 2.94. The fraction of sp³-hybridized carbons (Fsp3) is 0.462. The van der Waals surface area contributed by atoms with Gasteiger partial charge in [0.05, 0.1) is 12.3 Å². The number of hydrogen-bond acceptors (Lipinski definition) is 5. The van der Waals surface area contributed by atoms with E-state index < -0.39 is 0 Å². The van der Waals surface area contributed by atoms with Gasteiger partial charge in [0.2, 0.25) is 0 Å². The number of benzene rings is 1. The number of carbonyl (C=O) groups is 1. The number of ether oxygens (including phenoxy) is 1. The molecule has 0 bridgehead atoms. The second-order valence-corrected chi connectivity index (χ2v) is 4.49. The first-order chi connectivity index (χ1) is 9.19. The van der Waals surface area contributed by atoms with Crippen molar-refractivity contribution in [3.8, 4) is 5.75 Å². The zero-order valence-corrected chi connectivity index (χ0v) is 10.6. The Labute approximate surface area is 111 Å². The summed E-state index contributed by atoms with van der Waals surface area (Å²) in [6.45, 7) is 1.77. The predicted molar refractivity (Wildman–Crippen MR) is 69.1 cm³/mol. The molecule has 3 rings (SSSR count). The van der Waals surface area contributed by atoms with Gasteiger partial charge in [0, 0.05) is 13.1 Å². The molecule has 104 valence electrons. The number of hydrogen-bond donors (Lipinski definition) is 3. The van der Waals surface area contributed by atoms with Crippen molar-refractivity contribution in [2.24, 2.45) is 0 Å². The standard InChI is InChI=1S/C9H9NO3.C4H9NO/c11-4-6-1-2-8-7(3-6)10-9(12)5-13-8;6-5-3-1-2-4-5/h1-3,11H,4-5H2,(H,10,12);6H,1-4H2. The van der Waals surface area contributed by atoms with Crippen LogP contribution in [-0.2, 0) is 11.4 Å². The van der Waals surface area contributed by atoms with Crippen LogP contribution in [0.25, 0.3) is 0 Å². The van der Waals surface area contributed by atoms with Crippen molar-refractivity contribution in [3.05, 3.63) is 23.8 Å². The molecule has 0 spiro atoms. The number of fused-ring (bicyclic) bond motifs is 1. The van der Waals surface area contributed by atoms with Gasteiger partial charge in [-0.1, -0.05) is 6.07 Å². The summed E-state index contributed by atoms with van der Waals surface area (Å²) in [7, 11) is 0. The van der Waals surface area contributed by atoms with Gasteiger partial charge >= 0.3 is 0 Å². The molecule has 1 saturated heterocycles. The quantitative estimate of drug-likeness (QED) is 0.706. The summed E-state index contributed by atoms with van der Waals surface area (Å²) in [5.41, 5.74) is 1.38. The molecule has 1 aromatic rings. The lowest BCUT2D eigenvalue weighted by molar-refractivity contribution is -0.118. The fourth-order valence-electron chi connectivity index (χ4n) is 1.93. The van der Waals surface area contributed by atoms with E-state index in [2.05, 4.69) is 5.32 Å². The Morgan fingerprint density at radius 3 is 2.63 bits per heavy atom. The molecule has 0 aromatic heterocycles. The highest BCUT2D eigenvalue weighted by Crippen LogP contribution is 2.28. The van der Waals surface area contributed by atoms with Crippen LogP contribution in [0.5, 0.6) is 5.75 Å². The smallest absolute Gasteiger partial charge is 0.262 e. The highest BCUT2D eigenvalue weighted by Gasteiger charge is 2.15. The third kappa shape index (κ3) is 3.92. The minimum Gasteiger partial charge on any atom is -0.482 e. The molecule has 1 aromatic carbocycles. The molecule has 19 heavy (non-hydrogen) atoms. The maximum Gasteiger partial charge on any atom is 0.262 e. The van der Waals surface area contributed by atoms with Crippen LogP contribution in [0.2, 0.25) is 0 Å². The monoisotopic (exact) mass is 266 g/mol. The molecule has 0 saturated carbocycles. The van der Waals surface area contributed by atoms with Crippen molar-refractivity contribution in [2.75, 3.05) is 25.0 Å². The van der Waals surface area contributed by atoms with E-state index in [1.54, 1.807) is 18.2 Å². The molecule has 0 atom stereocenters. The summed E-state index contributed by atoms with van der Waals surface area (Å²) in [5, 5.41) is 21.4. The lowest BCUT2D eigenvalue weighted by Crippen LogP contribution is -2.25. The molecule has 6 nitrogen and oxygen atoms in total. The summed E-state index contributed by atoms with van der Waals surface area (Å²) >= 11 is 0. The Balaban J connectivity index is 0.000000186. The molecular formula is C13H18N2O4. The van der Waals surface area contributed by atoms with Crippen LogP contribution in [0.15, 0.2) is 18.2 Å². The van der Waals surface area contributed by atoms with Crippen LogP contribution in [0, 0.1) is 0 Å². The topological polar surface area (TPSA) is 82.0 Å². The number of rotatable bonds is 1. The van der Waals surface area contributed by atoms with Gasteiger partial charge in [-0.3, -0.25) is 4.79 Å². The zero-order valence-electron chi connectivity index (χ0n) is 10.6. The molecule has 1 fully saturated rings. The van der Waals surface area contributed by atoms with E-state index in [1.807, 2.05) is 0 Å². The summed E-state index contributed by atoms with van der Waals surface area (Å²) in [4.78, 5) is 10.9. The molecule has 1 amide bonds. The molecule has 3 N–H and O–H groups in total. The van der Waals surface area contributed by atoms with Gasteiger partial charge in [-0.05, 0) is 30.5 Å². The minimum absolute atomic E-state index is 0.0385. The lowest BCUT2D eigenvalue weighted by atomic mass is 10.2. The van der Waals surface area contributed by atoms with E-state index in [4.69, 9.17) is 15.1 Å². The van der Waals surface area contributed by atoms with Gasteiger partial charge in [0.25, 0.3) is 5.91 Å². The number of hydroxylamine groups is 2. The minimum atomic E-state index is -0.164. The molecule has 2 heterocycles. The number of aliphatic hydroxyl groups excluding tert-OH is 1. The van der Waals surface area contributed by atoms with Gasteiger partial charge in [-0.25, -0.2) is 0 Å².